The fourth-order valence-corrected chi connectivity index (χ4v) is 3.77. The Labute approximate surface area is 158 Å². The molecule has 1 saturated heterocycles. The van der Waals surface area contributed by atoms with E-state index in [4.69, 9.17) is 13.9 Å². The molecule has 1 aliphatic rings. The minimum absolute atomic E-state index is 0.184. The van der Waals surface area contributed by atoms with Gasteiger partial charge in [0.15, 0.2) is 11.5 Å². The van der Waals surface area contributed by atoms with Crippen LogP contribution in [0.5, 0.6) is 11.5 Å². The van der Waals surface area contributed by atoms with Gasteiger partial charge in [-0.15, -0.1) is 0 Å². The predicted octanol–water partition coefficient (Wildman–Crippen LogP) is 4.45. The van der Waals surface area contributed by atoms with Gasteiger partial charge in [-0.3, -0.25) is 4.90 Å². The smallest absolute Gasteiger partial charge is 0.161 e. The molecule has 3 aromatic rings. The van der Waals surface area contributed by atoms with Crippen LogP contribution in [0, 0.1) is 0 Å². The number of hydrogen-bond acceptors (Lipinski definition) is 5. The molecular weight excluding hydrogens is 342 g/mol. The zero-order valence-electron chi connectivity index (χ0n) is 15.6. The first kappa shape index (κ1) is 17.6. The normalized spacial score (nSPS) is 15.8. The Morgan fingerprint density at radius 2 is 1.78 bits per heavy atom. The van der Waals surface area contributed by atoms with Crippen molar-refractivity contribution in [3.05, 3.63) is 48.0 Å². The Kier molecular flexibility index (Phi) is 4.86. The fourth-order valence-electron chi connectivity index (χ4n) is 3.77. The molecule has 1 unspecified atom stereocenters. The highest BCUT2D eigenvalue weighted by atomic mass is 16.5. The monoisotopic (exact) mass is 365 g/mol. The second kappa shape index (κ2) is 7.45. The lowest BCUT2D eigenvalue weighted by atomic mass is 10.0. The summed E-state index contributed by atoms with van der Waals surface area (Å²) in [5, 5.41) is 0.989. The molecule has 2 aromatic carbocycles. The largest absolute Gasteiger partial charge is 0.493 e. The second-order valence-corrected chi connectivity index (χ2v) is 6.80. The molecule has 1 aromatic heterocycles. The average Bonchev–Trinajstić information content (AvgIpc) is 3.37. The highest BCUT2D eigenvalue weighted by Gasteiger charge is 2.23. The summed E-state index contributed by atoms with van der Waals surface area (Å²) >= 11 is 0. The molecule has 1 aliphatic heterocycles. The molecule has 0 amide bonds. The Morgan fingerprint density at radius 1 is 1.00 bits per heavy atom. The van der Waals surface area contributed by atoms with Gasteiger partial charge in [-0.05, 0) is 67.9 Å². The van der Waals surface area contributed by atoms with Crippen molar-refractivity contribution in [1.82, 2.24) is 4.90 Å². The number of hydrogen-bond donors (Lipinski definition) is 0. The van der Waals surface area contributed by atoms with Crippen molar-refractivity contribution in [1.29, 1.82) is 0 Å². The highest BCUT2D eigenvalue weighted by molar-refractivity contribution is 5.84. The van der Waals surface area contributed by atoms with E-state index in [1.165, 1.54) is 0 Å². The van der Waals surface area contributed by atoms with Crippen LogP contribution < -0.4 is 9.47 Å². The van der Waals surface area contributed by atoms with E-state index in [0.29, 0.717) is 11.5 Å². The number of carbonyl (C=O) groups excluding carboxylic acids is 1. The van der Waals surface area contributed by atoms with Gasteiger partial charge >= 0.3 is 0 Å². The second-order valence-electron chi connectivity index (χ2n) is 6.80. The fraction of sp³-hybridized carbons (Fsp3) is 0.318. The minimum atomic E-state index is -0.184. The van der Waals surface area contributed by atoms with Crippen LogP contribution in [0.3, 0.4) is 0 Å². The van der Waals surface area contributed by atoms with Gasteiger partial charge in [0.2, 0.25) is 0 Å². The number of likely N-dealkylation sites (tertiary alicyclic amines) is 1. The van der Waals surface area contributed by atoms with Gasteiger partial charge in [-0.2, -0.15) is 0 Å². The van der Waals surface area contributed by atoms with E-state index >= 15 is 0 Å². The number of methoxy groups -OCH3 is 2. The van der Waals surface area contributed by atoms with Crippen molar-refractivity contribution in [3.8, 4) is 22.8 Å². The van der Waals surface area contributed by atoms with Crippen molar-refractivity contribution in [2.24, 2.45) is 0 Å². The lowest BCUT2D eigenvalue weighted by molar-refractivity contribution is -0.112. The number of benzene rings is 2. The number of furan rings is 1. The Balaban J connectivity index is 1.69. The first-order valence-electron chi connectivity index (χ1n) is 9.18. The van der Waals surface area contributed by atoms with Crippen molar-refractivity contribution < 1.29 is 18.7 Å². The summed E-state index contributed by atoms with van der Waals surface area (Å²) in [5.41, 5.74) is 2.73. The van der Waals surface area contributed by atoms with Crippen molar-refractivity contribution in [2.75, 3.05) is 27.3 Å². The zero-order valence-corrected chi connectivity index (χ0v) is 15.6. The first-order valence-corrected chi connectivity index (χ1v) is 9.18. The summed E-state index contributed by atoms with van der Waals surface area (Å²) in [6, 6.07) is 13.5. The van der Waals surface area contributed by atoms with Crippen LogP contribution in [0.1, 0.15) is 24.4 Å². The molecule has 1 atom stereocenters. The third-order valence-electron chi connectivity index (χ3n) is 5.21. The van der Waals surface area contributed by atoms with Crippen molar-refractivity contribution in [3.63, 3.8) is 0 Å². The molecule has 27 heavy (non-hydrogen) atoms. The molecule has 0 saturated carbocycles. The van der Waals surface area contributed by atoms with Crippen molar-refractivity contribution >= 4 is 17.3 Å². The summed E-state index contributed by atoms with van der Waals surface area (Å²) < 4.78 is 16.7. The summed E-state index contributed by atoms with van der Waals surface area (Å²) in [4.78, 5) is 13.9. The molecule has 0 radical (unpaired) electrons. The lowest BCUT2D eigenvalue weighted by Crippen LogP contribution is -2.26. The Morgan fingerprint density at radius 3 is 2.48 bits per heavy atom. The van der Waals surface area contributed by atoms with Crippen molar-refractivity contribution in [2.45, 2.75) is 18.9 Å². The van der Waals surface area contributed by atoms with E-state index in [9.17, 15) is 4.79 Å². The molecule has 5 heteroatoms. The predicted molar refractivity (Wildman–Crippen MR) is 104 cm³/mol. The SMILES string of the molecule is COc1ccc(-c2cc3cc(C(C=O)N4CCCC4)ccc3o2)cc1OC. The van der Waals surface area contributed by atoms with E-state index in [1.807, 2.05) is 36.4 Å². The number of nitrogens with zero attached hydrogens (tertiary/aromatic N) is 1. The minimum Gasteiger partial charge on any atom is -0.493 e. The zero-order chi connectivity index (χ0) is 18.8. The molecule has 140 valence electrons. The molecule has 0 aliphatic carbocycles. The van der Waals surface area contributed by atoms with Gasteiger partial charge in [0, 0.05) is 10.9 Å². The summed E-state index contributed by atoms with van der Waals surface area (Å²) in [6.45, 7) is 1.95. The van der Waals surface area contributed by atoms with Crippen LogP contribution in [0.15, 0.2) is 46.9 Å². The summed E-state index contributed by atoms with van der Waals surface area (Å²) in [5.74, 6) is 2.09. The number of rotatable bonds is 6. The van der Waals surface area contributed by atoms with Crippen LogP contribution in [0.2, 0.25) is 0 Å². The molecule has 5 nitrogen and oxygen atoms in total. The van der Waals surface area contributed by atoms with Gasteiger partial charge in [0.1, 0.15) is 17.6 Å². The third-order valence-corrected chi connectivity index (χ3v) is 5.21. The van der Waals surface area contributed by atoms with Gasteiger partial charge in [0.25, 0.3) is 0 Å². The Hall–Kier alpha value is -2.79. The number of aldehydes is 1. The van der Waals surface area contributed by atoms with Crippen LogP contribution in [0.4, 0.5) is 0 Å². The van der Waals surface area contributed by atoms with E-state index in [0.717, 1.165) is 60.1 Å². The number of fused-ring (bicyclic) bond motifs is 1. The van der Waals surface area contributed by atoms with E-state index < -0.39 is 0 Å². The first-order chi connectivity index (χ1) is 13.2. The summed E-state index contributed by atoms with van der Waals surface area (Å²) in [6.07, 6.45) is 3.35. The van der Waals surface area contributed by atoms with Crippen LogP contribution in [-0.2, 0) is 4.79 Å². The van der Waals surface area contributed by atoms with E-state index in [-0.39, 0.29) is 6.04 Å². The third kappa shape index (κ3) is 3.30. The van der Waals surface area contributed by atoms with E-state index in [1.54, 1.807) is 14.2 Å². The molecule has 1 fully saturated rings. The standard InChI is InChI=1S/C22H23NO4/c1-25-20-8-6-16(12-22(20)26-2)21-13-17-11-15(5-7-19(17)27-21)18(14-24)23-9-3-4-10-23/h5-8,11-14,18H,3-4,9-10H2,1-2H3. The van der Waals surface area contributed by atoms with Crippen LogP contribution in [-0.4, -0.2) is 38.5 Å². The average molecular weight is 365 g/mol. The number of ether oxygens (including phenoxy) is 2. The maximum atomic E-state index is 11.7. The molecule has 0 spiro atoms. The molecule has 0 N–H and O–H groups in total. The Bertz CT molecular complexity index is 956. The van der Waals surface area contributed by atoms with Gasteiger partial charge in [-0.25, -0.2) is 0 Å². The molecule has 4 rings (SSSR count). The van der Waals surface area contributed by atoms with E-state index in [2.05, 4.69) is 11.0 Å². The quantitative estimate of drug-likeness (QED) is 0.604. The van der Waals surface area contributed by atoms with Gasteiger partial charge in [0.05, 0.1) is 20.3 Å². The van der Waals surface area contributed by atoms with Crippen LogP contribution in [0.25, 0.3) is 22.3 Å². The molecule has 2 heterocycles. The highest BCUT2D eigenvalue weighted by Crippen LogP contribution is 2.35. The molecule has 0 bridgehead atoms. The van der Waals surface area contributed by atoms with Crippen LogP contribution >= 0.6 is 0 Å². The summed E-state index contributed by atoms with van der Waals surface area (Å²) in [7, 11) is 3.23. The maximum Gasteiger partial charge on any atom is 0.161 e. The van der Waals surface area contributed by atoms with Gasteiger partial charge < -0.3 is 18.7 Å². The molecular formula is C22H23NO4. The van der Waals surface area contributed by atoms with Gasteiger partial charge in [-0.1, -0.05) is 6.07 Å². The lowest BCUT2D eigenvalue weighted by Gasteiger charge is -2.22. The topological polar surface area (TPSA) is 51.9 Å². The maximum absolute atomic E-state index is 11.7. The number of carbonyl (C=O) groups is 1.